The van der Waals surface area contributed by atoms with Crippen LogP contribution in [0, 0.1) is 10.1 Å². The van der Waals surface area contributed by atoms with E-state index in [2.05, 4.69) is 4.99 Å². The first-order chi connectivity index (χ1) is 17.5. The molecular weight excluding hydrogens is 460 g/mol. The number of aliphatic imine (C=N–C) groups is 1. The minimum absolute atomic E-state index is 0.0111. The van der Waals surface area contributed by atoms with Crippen LogP contribution >= 0.6 is 0 Å². The van der Waals surface area contributed by atoms with Crippen molar-refractivity contribution in [1.82, 2.24) is 0 Å². The molecule has 0 amide bonds. The average Bonchev–Trinajstić information content (AvgIpc) is 3.27. The van der Waals surface area contributed by atoms with Gasteiger partial charge in [-0.15, -0.1) is 0 Å². The van der Waals surface area contributed by atoms with Crippen LogP contribution < -0.4 is 9.47 Å². The molecule has 4 aromatic rings. The van der Waals surface area contributed by atoms with Crippen molar-refractivity contribution in [1.29, 1.82) is 0 Å². The number of fused-ring (bicyclic) bond motifs is 1. The van der Waals surface area contributed by atoms with Gasteiger partial charge in [-0.3, -0.25) is 10.1 Å². The number of carbonyl (C=O) groups excluding carboxylic acids is 1. The third-order valence-electron chi connectivity index (χ3n) is 5.65. The Balaban J connectivity index is 1.37. The lowest BCUT2D eigenvalue weighted by atomic mass is 10.1. The summed E-state index contributed by atoms with van der Waals surface area (Å²) in [4.78, 5) is 27.3. The first-order valence-corrected chi connectivity index (χ1v) is 11.1. The number of methoxy groups -OCH3 is 1. The van der Waals surface area contributed by atoms with Gasteiger partial charge in [0.15, 0.2) is 17.2 Å². The third-order valence-corrected chi connectivity index (χ3v) is 5.65. The molecule has 36 heavy (non-hydrogen) atoms. The lowest BCUT2D eigenvalue weighted by Crippen LogP contribution is -2.05. The molecule has 0 aromatic heterocycles. The van der Waals surface area contributed by atoms with Crippen molar-refractivity contribution in [2.75, 3.05) is 7.11 Å². The molecule has 0 N–H and O–H groups in total. The zero-order chi connectivity index (χ0) is 25.1. The number of hydrogen-bond acceptors (Lipinski definition) is 7. The van der Waals surface area contributed by atoms with E-state index in [1.165, 1.54) is 19.2 Å². The Bertz CT molecular complexity index is 1540. The van der Waals surface area contributed by atoms with Gasteiger partial charge in [0.25, 0.3) is 5.69 Å². The molecule has 8 nitrogen and oxygen atoms in total. The van der Waals surface area contributed by atoms with Crippen LogP contribution in [-0.4, -0.2) is 23.9 Å². The van der Waals surface area contributed by atoms with E-state index >= 15 is 0 Å². The highest BCUT2D eigenvalue weighted by molar-refractivity contribution is 6.13. The van der Waals surface area contributed by atoms with E-state index in [9.17, 15) is 14.9 Å². The molecule has 0 unspecified atom stereocenters. The Morgan fingerprint density at radius 3 is 2.47 bits per heavy atom. The molecule has 0 saturated heterocycles. The predicted octanol–water partition coefficient (Wildman–Crippen LogP) is 5.68. The first kappa shape index (κ1) is 22.8. The van der Waals surface area contributed by atoms with Crippen molar-refractivity contribution in [2.24, 2.45) is 4.99 Å². The Hall–Kier alpha value is -4.98. The summed E-state index contributed by atoms with van der Waals surface area (Å²) in [6.45, 7) is 0.181. The zero-order valence-electron chi connectivity index (χ0n) is 19.2. The van der Waals surface area contributed by atoms with Crippen molar-refractivity contribution >= 4 is 34.4 Å². The number of non-ortho nitro benzene ring substituents is 1. The Kier molecular flexibility index (Phi) is 6.15. The third kappa shape index (κ3) is 4.78. The molecule has 1 heterocycles. The molecule has 0 bridgehead atoms. The number of benzene rings is 4. The van der Waals surface area contributed by atoms with Gasteiger partial charge in [-0.2, -0.15) is 0 Å². The molecule has 0 spiro atoms. The minimum Gasteiger partial charge on any atom is -0.493 e. The molecule has 0 fully saturated rings. The number of rotatable bonds is 7. The van der Waals surface area contributed by atoms with Crippen molar-refractivity contribution in [2.45, 2.75) is 6.61 Å². The van der Waals surface area contributed by atoms with Gasteiger partial charge >= 0.3 is 5.97 Å². The molecule has 0 saturated carbocycles. The molecule has 1 aliphatic rings. The van der Waals surface area contributed by atoms with E-state index in [0.717, 1.165) is 16.3 Å². The van der Waals surface area contributed by atoms with Crippen LogP contribution in [0.15, 0.2) is 95.6 Å². The van der Waals surface area contributed by atoms with Crippen LogP contribution in [0.2, 0.25) is 0 Å². The Morgan fingerprint density at radius 1 is 0.944 bits per heavy atom. The van der Waals surface area contributed by atoms with Crippen LogP contribution in [0.25, 0.3) is 16.8 Å². The number of carbonyl (C=O) groups is 1. The normalized spacial score (nSPS) is 14.0. The van der Waals surface area contributed by atoms with Crippen molar-refractivity contribution in [3.8, 4) is 11.5 Å². The summed E-state index contributed by atoms with van der Waals surface area (Å²) in [5, 5.41) is 12.9. The number of cyclic esters (lactones) is 1. The molecule has 5 rings (SSSR count). The van der Waals surface area contributed by atoms with Gasteiger partial charge < -0.3 is 14.2 Å². The topological polar surface area (TPSA) is 100 Å². The highest BCUT2D eigenvalue weighted by Crippen LogP contribution is 2.31. The smallest absolute Gasteiger partial charge is 0.363 e. The first-order valence-electron chi connectivity index (χ1n) is 11.1. The van der Waals surface area contributed by atoms with Crippen molar-refractivity contribution in [3.63, 3.8) is 0 Å². The highest BCUT2D eigenvalue weighted by atomic mass is 16.6. The standard InChI is InChI=1S/C28H20N2O6/c1-34-25-13-8-19(15-26(25)35-17-18-6-11-23(12-7-18)30(32)33)14-24-28(31)36-27(29-24)22-10-9-20-4-2-3-5-21(20)16-22/h2-16H,17H2,1H3. The maximum absolute atomic E-state index is 12.5. The quantitative estimate of drug-likeness (QED) is 0.146. The molecule has 0 radical (unpaired) electrons. The summed E-state index contributed by atoms with van der Waals surface area (Å²) in [5.41, 5.74) is 2.33. The van der Waals surface area contributed by atoms with Gasteiger partial charge in [0.05, 0.1) is 12.0 Å². The monoisotopic (exact) mass is 480 g/mol. The van der Waals surface area contributed by atoms with E-state index in [4.69, 9.17) is 14.2 Å². The van der Waals surface area contributed by atoms with Crippen LogP contribution in [0.5, 0.6) is 11.5 Å². The van der Waals surface area contributed by atoms with E-state index in [1.54, 1.807) is 36.4 Å². The van der Waals surface area contributed by atoms with Gasteiger partial charge in [-0.05, 0) is 64.4 Å². The summed E-state index contributed by atoms with van der Waals surface area (Å²) in [7, 11) is 1.53. The Morgan fingerprint density at radius 2 is 1.72 bits per heavy atom. The molecule has 1 aliphatic heterocycles. The highest BCUT2D eigenvalue weighted by Gasteiger charge is 2.24. The SMILES string of the molecule is COc1ccc(C=C2N=C(c3ccc4ccccc4c3)OC2=O)cc1OCc1ccc([N+](=O)[O-])cc1. The van der Waals surface area contributed by atoms with Crippen LogP contribution in [0.1, 0.15) is 16.7 Å². The molecule has 4 aromatic carbocycles. The van der Waals surface area contributed by atoms with Crippen LogP contribution in [0.3, 0.4) is 0 Å². The summed E-state index contributed by atoms with van der Waals surface area (Å²) < 4.78 is 16.7. The predicted molar refractivity (Wildman–Crippen MR) is 135 cm³/mol. The van der Waals surface area contributed by atoms with Crippen molar-refractivity contribution in [3.05, 3.63) is 117 Å². The van der Waals surface area contributed by atoms with Crippen molar-refractivity contribution < 1.29 is 23.9 Å². The number of nitrogens with zero attached hydrogens (tertiary/aromatic N) is 2. The average molecular weight is 480 g/mol. The van der Waals surface area contributed by atoms with Gasteiger partial charge in [0, 0.05) is 17.7 Å². The second-order valence-electron chi connectivity index (χ2n) is 8.02. The molecule has 0 atom stereocenters. The van der Waals surface area contributed by atoms with E-state index < -0.39 is 10.9 Å². The van der Waals surface area contributed by atoms with Gasteiger partial charge in [-0.25, -0.2) is 9.79 Å². The van der Waals surface area contributed by atoms with Gasteiger partial charge in [0.2, 0.25) is 5.90 Å². The van der Waals surface area contributed by atoms with Gasteiger partial charge in [-0.1, -0.05) is 36.4 Å². The van der Waals surface area contributed by atoms with E-state index in [-0.39, 0.29) is 23.9 Å². The fourth-order valence-corrected chi connectivity index (χ4v) is 3.78. The second-order valence-corrected chi connectivity index (χ2v) is 8.02. The second kappa shape index (κ2) is 9.71. The lowest BCUT2D eigenvalue weighted by Gasteiger charge is -2.11. The van der Waals surface area contributed by atoms with Gasteiger partial charge in [0.1, 0.15) is 6.61 Å². The maximum atomic E-state index is 12.5. The lowest BCUT2D eigenvalue weighted by molar-refractivity contribution is -0.384. The maximum Gasteiger partial charge on any atom is 0.363 e. The number of esters is 1. The number of nitro groups is 1. The molecule has 178 valence electrons. The number of nitro benzene ring substituents is 1. The van der Waals surface area contributed by atoms with E-state index in [0.29, 0.717) is 22.6 Å². The molecule has 8 heteroatoms. The summed E-state index contributed by atoms with van der Waals surface area (Å²) in [5.74, 6) is 0.672. The number of hydrogen-bond donors (Lipinski definition) is 0. The number of ether oxygens (including phenoxy) is 3. The van der Waals surface area contributed by atoms with Crippen LogP contribution in [0.4, 0.5) is 5.69 Å². The fraction of sp³-hybridized carbons (Fsp3) is 0.0714. The minimum atomic E-state index is -0.540. The largest absolute Gasteiger partial charge is 0.493 e. The summed E-state index contributed by atoms with van der Waals surface area (Å²) in [6, 6.07) is 25.0. The molecule has 0 aliphatic carbocycles. The van der Waals surface area contributed by atoms with E-state index in [1.807, 2.05) is 42.5 Å². The zero-order valence-corrected chi connectivity index (χ0v) is 19.2. The Labute approximate surface area is 206 Å². The fourth-order valence-electron chi connectivity index (χ4n) is 3.78. The van der Waals surface area contributed by atoms with Crippen LogP contribution in [-0.2, 0) is 16.1 Å². The summed E-state index contributed by atoms with van der Waals surface area (Å²) in [6.07, 6.45) is 1.62. The molecular formula is C28H20N2O6. The summed E-state index contributed by atoms with van der Waals surface area (Å²) >= 11 is 0.